The molecule has 0 aromatic carbocycles. The van der Waals surface area contributed by atoms with Crippen LogP contribution < -0.4 is 0 Å². The molecule has 0 radical (unpaired) electrons. The molecule has 1 N–H and O–H groups in total. The number of rotatable bonds is 78. The van der Waals surface area contributed by atoms with Crippen LogP contribution in [-0.4, -0.2) is 87.4 Å². The highest BCUT2D eigenvalue weighted by atomic mass is 16.7. The Morgan fingerprint density at radius 2 is 0.560 bits per heavy atom. The van der Waals surface area contributed by atoms with Crippen molar-refractivity contribution < 1.29 is 42.9 Å². The zero-order valence-corrected chi connectivity index (χ0v) is 62.1. The van der Waals surface area contributed by atoms with Crippen molar-refractivity contribution in [2.45, 2.75) is 450 Å². The minimum atomic E-state index is -1.51. The highest BCUT2D eigenvalue weighted by Crippen LogP contribution is 2.21. The minimum absolute atomic E-state index is 0.173. The molecule has 0 rings (SSSR count). The number of quaternary nitrogens is 1. The van der Waals surface area contributed by atoms with E-state index < -0.39 is 18.4 Å². The van der Waals surface area contributed by atoms with Gasteiger partial charge in [-0.25, -0.2) is 4.79 Å². The third-order valence-electron chi connectivity index (χ3n) is 19.0. The summed E-state index contributed by atoms with van der Waals surface area (Å²) in [6.45, 7) is 4.98. The van der Waals surface area contributed by atoms with E-state index in [4.69, 9.17) is 18.9 Å². The predicted octanol–water partition coefficient (Wildman–Crippen LogP) is 25.9. The Morgan fingerprint density at radius 3 is 0.813 bits per heavy atom. The van der Waals surface area contributed by atoms with E-state index in [-0.39, 0.29) is 38.2 Å². The summed E-state index contributed by atoms with van der Waals surface area (Å²) in [7, 11) is 6.00. The SMILES string of the molecule is CCCCCCCCCC/C=C\CCCCCCCCCCCCCCCCCCCCCCCC(=O)OC(COC(=O)CCCCCCCCCCCCCCCCCCCCCCCCCCCCCCCCCCC)COC(OCC[N+](C)(C)C)C(=O)O. The first-order valence-corrected chi connectivity index (χ1v) is 40.9. The standard InChI is InChI=1S/C82H159NO8/c1-6-8-10-12-14-16-18-20-22-24-26-28-30-32-34-36-38-40-42-44-46-48-50-52-54-56-58-60-62-64-66-68-70-72-79(84)89-76-78(77-90-82(81(86)87)88-75-74-83(3,4)5)91-80(85)73-71-69-67-65-63-61-59-57-55-53-51-49-47-45-43-41-39-37-35-33-31-29-27-25-23-21-19-17-15-13-11-9-7-2/h25,27,78,82H,6-24,26,28-77H2,1-5H3/p+1/b27-25-. The number of esters is 2. The molecular weight excluding hydrogens is 1130 g/mol. The number of likely N-dealkylation sites (N-methyl/N-ethyl adjacent to an activating group) is 1. The van der Waals surface area contributed by atoms with E-state index in [0.29, 0.717) is 17.4 Å². The molecule has 9 nitrogen and oxygen atoms in total. The lowest BCUT2D eigenvalue weighted by molar-refractivity contribution is -0.870. The first kappa shape index (κ1) is 89.0. The molecule has 0 aliphatic rings. The van der Waals surface area contributed by atoms with Crippen LogP contribution in [0.2, 0.25) is 0 Å². The topological polar surface area (TPSA) is 108 Å². The summed E-state index contributed by atoms with van der Waals surface area (Å²) in [6, 6.07) is 0. The van der Waals surface area contributed by atoms with Gasteiger partial charge in [0.05, 0.1) is 34.4 Å². The molecule has 0 spiro atoms. The first-order valence-electron chi connectivity index (χ1n) is 40.9. The average molecular weight is 1290 g/mol. The van der Waals surface area contributed by atoms with E-state index in [1.165, 1.54) is 372 Å². The van der Waals surface area contributed by atoms with E-state index >= 15 is 0 Å². The van der Waals surface area contributed by atoms with Gasteiger partial charge in [-0.15, -0.1) is 0 Å². The Hall–Kier alpha value is -1.97. The van der Waals surface area contributed by atoms with Gasteiger partial charge in [0.15, 0.2) is 6.10 Å². The molecule has 2 unspecified atom stereocenters. The van der Waals surface area contributed by atoms with Gasteiger partial charge in [-0.05, 0) is 38.5 Å². The highest BCUT2D eigenvalue weighted by Gasteiger charge is 2.25. The van der Waals surface area contributed by atoms with Gasteiger partial charge < -0.3 is 28.5 Å². The van der Waals surface area contributed by atoms with Gasteiger partial charge in [-0.1, -0.05) is 398 Å². The summed E-state index contributed by atoms with van der Waals surface area (Å²) < 4.78 is 23.1. The zero-order valence-electron chi connectivity index (χ0n) is 62.1. The molecule has 0 aromatic heterocycles. The van der Waals surface area contributed by atoms with Crippen LogP contribution >= 0.6 is 0 Å². The Bertz CT molecular complexity index is 1500. The van der Waals surface area contributed by atoms with Crippen LogP contribution in [0, 0.1) is 0 Å². The number of carbonyl (C=O) groups excluding carboxylic acids is 2. The number of nitrogens with zero attached hydrogens (tertiary/aromatic N) is 1. The molecule has 0 aromatic rings. The molecule has 0 amide bonds. The van der Waals surface area contributed by atoms with Crippen LogP contribution in [0.1, 0.15) is 438 Å². The summed E-state index contributed by atoms with van der Waals surface area (Å²) in [5.74, 6) is -1.96. The van der Waals surface area contributed by atoms with Gasteiger partial charge in [0.1, 0.15) is 13.2 Å². The molecule has 2 atom stereocenters. The Labute approximate surface area is 567 Å². The molecule has 0 aliphatic heterocycles. The third-order valence-corrected chi connectivity index (χ3v) is 19.0. The van der Waals surface area contributed by atoms with Gasteiger partial charge in [-0.2, -0.15) is 0 Å². The number of carboxylic acid groups (broad SMARTS) is 1. The second kappa shape index (κ2) is 73.8. The van der Waals surface area contributed by atoms with Crippen molar-refractivity contribution in [3.8, 4) is 0 Å². The minimum Gasteiger partial charge on any atom is -0.477 e. The Morgan fingerprint density at radius 1 is 0.319 bits per heavy atom. The first-order chi connectivity index (χ1) is 44.6. The maximum atomic E-state index is 13.0. The number of carbonyl (C=O) groups is 3. The summed E-state index contributed by atoms with van der Waals surface area (Å²) in [5, 5.41) is 9.77. The summed E-state index contributed by atoms with van der Waals surface area (Å²) in [5.41, 5.74) is 0. The summed E-state index contributed by atoms with van der Waals surface area (Å²) >= 11 is 0. The normalized spacial score (nSPS) is 12.6. The second-order valence-corrected chi connectivity index (χ2v) is 29.4. The maximum absolute atomic E-state index is 13.0. The fourth-order valence-electron chi connectivity index (χ4n) is 12.8. The molecule has 0 fully saturated rings. The summed E-state index contributed by atoms with van der Waals surface area (Å²) in [6.07, 6.45) is 89.6. The number of carboxylic acids is 1. The Balaban J connectivity index is 3.95. The van der Waals surface area contributed by atoms with Gasteiger partial charge in [0.25, 0.3) is 6.29 Å². The van der Waals surface area contributed by atoms with E-state index in [1.807, 2.05) is 21.1 Å². The van der Waals surface area contributed by atoms with Crippen molar-refractivity contribution in [3.63, 3.8) is 0 Å². The molecule has 0 heterocycles. The number of aliphatic carboxylic acids is 1. The van der Waals surface area contributed by atoms with Crippen molar-refractivity contribution >= 4 is 17.9 Å². The molecule has 9 heteroatoms. The number of allylic oxidation sites excluding steroid dienone is 2. The highest BCUT2D eigenvalue weighted by molar-refractivity contribution is 5.71. The largest absolute Gasteiger partial charge is 0.477 e. The molecule has 0 bridgehead atoms. The van der Waals surface area contributed by atoms with Crippen molar-refractivity contribution in [3.05, 3.63) is 12.2 Å². The van der Waals surface area contributed by atoms with E-state index in [9.17, 15) is 19.5 Å². The van der Waals surface area contributed by atoms with Crippen LogP contribution in [0.4, 0.5) is 0 Å². The van der Waals surface area contributed by atoms with Crippen molar-refractivity contribution in [2.75, 3.05) is 47.5 Å². The number of hydrogen-bond donors (Lipinski definition) is 1. The van der Waals surface area contributed by atoms with Gasteiger partial charge >= 0.3 is 17.9 Å². The number of hydrogen-bond acceptors (Lipinski definition) is 7. The van der Waals surface area contributed by atoms with Crippen molar-refractivity contribution in [1.29, 1.82) is 0 Å². The fourth-order valence-corrected chi connectivity index (χ4v) is 12.8. The van der Waals surface area contributed by atoms with Crippen molar-refractivity contribution in [1.82, 2.24) is 0 Å². The number of ether oxygens (including phenoxy) is 4. The van der Waals surface area contributed by atoms with Crippen LogP contribution in [0.3, 0.4) is 0 Å². The zero-order chi connectivity index (χ0) is 66.1. The molecule has 0 saturated heterocycles. The maximum Gasteiger partial charge on any atom is 0.361 e. The lowest BCUT2D eigenvalue weighted by Gasteiger charge is -2.25. The fraction of sp³-hybridized carbons (Fsp3) is 0.939. The van der Waals surface area contributed by atoms with E-state index in [2.05, 4.69) is 26.0 Å². The van der Waals surface area contributed by atoms with Gasteiger partial charge in [-0.3, -0.25) is 9.59 Å². The van der Waals surface area contributed by atoms with Crippen LogP contribution in [-0.2, 0) is 33.3 Å². The number of unbranched alkanes of at least 4 members (excludes halogenated alkanes) is 61. The molecular formula is C82H160NO8+. The van der Waals surface area contributed by atoms with Crippen LogP contribution in [0.25, 0.3) is 0 Å². The lowest BCUT2D eigenvalue weighted by Crippen LogP contribution is -2.40. The quantitative estimate of drug-likeness (QED) is 0.0211. The van der Waals surface area contributed by atoms with Crippen molar-refractivity contribution in [2.24, 2.45) is 0 Å². The van der Waals surface area contributed by atoms with E-state index in [1.54, 1.807) is 0 Å². The summed E-state index contributed by atoms with van der Waals surface area (Å²) in [4.78, 5) is 37.7. The van der Waals surface area contributed by atoms with Gasteiger partial charge in [0, 0.05) is 12.8 Å². The third kappa shape index (κ3) is 75.3. The average Bonchev–Trinajstić information content (AvgIpc) is 3.46. The molecule has 0 aliphatic carbocycles. The second-order valence-electron chi connectivity index (χ2n) is 29.4. The molecule has 0 saturated carbocycles. The Kier molecular flexibility index (Phi) is 72.2. The predicted molar refractivity (Wildman–Crippen MR) is 392 cm³/mol. The lowest BCUT2D eigenvalue weighted by atomic mass is 10.0. The van der Waals surface area contributed by atoms with Gasteiger partial charge in [0.2, 0.25) is 0 Å². The van der Waals surface area contributed by atoms with Crippen LogP contribution in [0.15, 0.2) is 12.2 Å². The molecule has 540 valence electrons. The monoisotopic (exact) mass is 1290 g/mol. The van der Waals surface area contributed by atoms with E-state index in [0.717, 1.165) is 38.5 Å². The van der Waals surface area contributed by atoms with Crippen LogP contribution in [0.5, 0.6) is 0 Å². The smallest absolute Gasteiger partial charge is 0.361 e. The molecule has 91 heavy (non-hydrogen) atoms.